The second-order valence-corrected chi connectivity index (χ2v) is 6.42. The van der Waals surface area contributed by atoms with E-state index in [1.165, 1.54) is 6.42 Å². The molecule has 1 saturated heterocycles. The summed E-state index contributed by atoms with van der Waals surface area (Å²) in [6.45, 7) is 8.58. The summed E-state index contributed by atoms with van der Waals surface area (Å²) in [7, 11) is 0. The van der Waals surface area contributed by atoms with Crippen LogP contribution < -0.4 is 5.32 Å². The number of nitrogens with one attached hydrogen (secondary N) is 1. The van der Waals surface area contributed by atoms with Crippen molar-refractivity contribution in [2.24, 2.45) is 5.92 Å². The number of aromatic hydroxyl groups is 1. The van der Waals surface area contributed by atoms with Gasteiger partial charge in [-0.25, -0.2) is 0 Å². The first kappa shape index (κ1) is 15.8. The first-order chi connectivity index (χ1) is 9.97. The lowest BCUT2D eigenvalue weighted by molar-refractivity contribution is 0.0718. The zero-order chi connectivity index (χ0) is 15.4. The predicted molar refractivity (Wildman–Crippen MR) is 84.6 cm³/mol. The molecule has 0 saturated carbocycles. The molecule has 1 aliphatic rings. The number of nitrogens with zero attached hydrogens (tertiary/aromatic N) is 1. The number of carbonyl (C=O) groups excluding carboxylic acids is 1. The molecule has 1 unspecified atom stereocenters. The number of hydrogen-bond donors (Lipinski definition) is 2. The Morgan fingerprint density at radius 3 is 2.81 bits per heavy atom. The molecule has 2 rings (SSSR count). The Bertz CT molecular complexity index is 494. The molecule has 0 spiro atoms. The van der Waals surface area contributed by atoms with Crippen LogP contribution in [0.1, 0.15) is 42.6 Å². The van der Waals surface area contributed by atoms with Gasteiger partial charge in [0, 0.05) is 19.1 Å². The second-order valence-electron chi connectivity index (χ2n) is 6.42. The largest absolute Gasteiger partial charge is 0.507 e. The number of phenolic OH excluding ortho intramolecular Hbond substituents is 1. The Labute approximate surface area is 127 Å². The summed E-state index contributed by atoms with van der Waals surface area (Å²) in [5.41, 5.74) is 1.36. The zero-order valence-corrected chi connectivity index (χ0v) is 13.2. The Balaban J connectivity index is 2.15. The number of rotatable bonds is 5. The van der Waals surface area contributed by atoms with Crippen LogP contribution in [0.2, 0.25) is 0 Å². The van der Waals surface area contributed by atoms with Gasteiger partial charge in [0.1, 0.15) is 5.75 Å². The predicted octanol–water partition coefficient (Wildman–Crippen LogP) is 2.55. The molecule has 2 N–H and O–H groups in total. The first-order valence-electron chi connectivity index (χ1n) is 7.79. The summed E-state index contributed by atoms with van der Waals surface area (Å²) in [4.78, 5) is 14.6. The molecule has 4 nitrogen and oxygen atoms in total. The van der Waals surface area contributed by atoms with E-state index in [-0.39, 0.29) is 11.7 Å². The van der Waals surface area contributed by atoms with Gasteiger partial charge in [-0.2, -0.15) is 0 Å². The van der Waals surface area contributed by atoms with Gasteiger partial charge >= 0.3 is 0 Å². The molecular weight excluding hydrogens is 264 g/mol. The maximum Gasteiger partial charge on any atom is 0.257 e. The normalized spacial score (nSPS) is 18.2. The van der Waals surface area contributed by atoms with Gasteiger partial charge in [-0.15, -0.1) is 0 Å². The number of phenols is 1. The number of benzene rings is 1. The van der Waals surface area contributed by atoms with Crippen molar-refractivity contribution in [1.82, 2.24) is 10.2 Å². The third kappa shape index (κ3) is 4.21. The van der Waals surface area contributed by atoms with Crippen LogP contribution in [0.15, 0.2) is 18.2 Å². The maximum absolute atomic E-state index is 12.7. The van der Waals surface area contributed by atoms with Crippen LogP contribution in [0.4, 0.5) is 0 Å². The van der Waals surface area contributed by atoms with Gasteiger partial charge in [0.2, 0.25) is 0 Å². The highest BCUT2D eigenvalue weighted by molar-refractivity contribution is 5.97. The van der Waals surface area contributed by atoms with E-state index in [0.717, 1.165) is 18.5 Å². The van der Waals surface area contributed by atoms with Crippen molar-refractivity contribution in [3.8, 4) is 5.75 Å². The second kappa shape index (κ2) is 6.94. The molecule has 1 aromatic carbocycles. The SMILES string of the molecule is Cc1ccc(C(=O)N(CC(C)C)CC2CCCN2)c(O)c1. The molecule has 0 aromatic heterocycles. The summed E-state index contributed by atoms with van der Waals surface area (Å²) >= 11 is 0. The van der Waals surface area contributed by atoms with E-state index in [1.807, 2.05) is 17.9 Å². The molecule has 4 heteroatoms. The number of aryl methyl sites for hydroxylation is 1. The minimum Gasteiger partial charge on any atom is -0.507 e. The van der Waals surface area contributed by atoms with E-state index in [0.29, 0.717) is 30.6 Å². The smallest absolute Gasteiger partial charge is 0.257 e. The fourth-order valence-corrected chi connectivity index (χ4v) is 2.85. The third-order valence-electron chi connectivity index (χ3n) is 3.86. The van der Waals surface area contributed by atoms with Crippen molar-refractivity contribution in [1.29, 1.82) is 0 Å². The van der Waals surface area contributed by atoms with Crippen molar-refractivity contribution in [3.63, 3.8) is 0 Å². The molecule has 1 heterocycles. The number of amides is 1. The Kier molecular flexibility index (Phi) is 5.23. The van der Waals surface area contributed by atoms with Gasteiger partial charge in [0.15, 0.2) is 0 Å². The number of hydrogen-bond acceptors (Lipinski definition) is 3. The summed E-state index contributed by atoms with van der Waals surface area (Å²) in [5.74, 6) is 0.408. The highest BCUT2D eigenvalue weighted by atomic mass is 16.3. The summed E-state index contributed by atoms with van der Waals surface area (Å²) in [6.07, 6.45) is 2.28. The molecule has 1 aromatic rings. The average molecular weight is 290 g/mol. The van der Waals surface area contributed by atoms with Gasteiger partial charge in [-0.3, -0.25) is 4.79 Å². The molecular formula is C17H26N2O2. The van der Waals surface area contributed by atoms with Crippen LogP contribution in [0.25, 0.3) is 0 Å². The monoisotopic (exact) mass is 290 g/mol. The van der Waals surface area contributed by atoms with Gasteiger partial charge < -0.3 is 15.3 Å². The summed E-state index contributed by atoms with van der Waals surface area (Å²) < 4.78 is 0. The van der Waals surface area contributed by atoms with Crippen LogP contribution in [0, 0.1) is 12.8 Å². The lowest BCUT2D eigenvalue weighted by Gasteiger charge is -2.28. The Hall–Kier alpha value is -1.55. The van der Waals surface area contributed by atoms with E-state index < -0.39 is 0 Å². The van der Waals surface area contributed by atoms with Crippen molar-refractivity contribution in [2.45, 2.75) is 39.7 Å². The highest BCUT2D eigenvalue weighted by Crippen LogP contribution is 2.21. The van der Waals surface area contributed by atoms with Crippen LogP contribution in [0.5, 0.6) is 5.75 Å². The minimum atomic E-state index is -0.0742. The molecule has 0 bridgehead atoms. The van der Waals surface area contributed by atoms with Gasteiger partial charge in [0.25, 0.3) is 5.91 Å². The Morgan fingerprint density at radius 2 is 2.24 bits per heavy atom. The van der Waals surface area contributed by atoms with Crippen molar-refractivity contribution in [2.75, 3.05) is 19.6 Å². The summed E-state index contributed by atoms with van der Waals surface area (Å²) in [6, 6.07) is 5.62. The molecule has 0 aliphatic carbocycles. The van der Waals surface area contributed by atoms with Crippen molar-refractivity contribution < 1.29 is 9.90 Å². The van der Waals surface area contributed by atoms with Gasteiger partial charge in [0.05, 0.1) is 5.56 Å². The molecule has 1 aliphatic heterocycles. The standard InChI is InChI=1S/C17H26N2O2/c1-12(2)10-19(11-14-5-4-8-18-14)17(21)15-7-6-13(3)9-16(15)20/h6-7,9,12,14,18,20H,4-5,8,10-11H2,1-3H3. The van der Waals surface area contributed by atoms with E-state index in [9.17, 15) is 9.90 Å². The quantitative estimate of drug-likeness (QED) is 0.876. The third-order valence-corrected chi connectivity index (χ3v) is 3.86. The van der Waals surface area contributed by atoms with E-state index >= 15 is 0 Å². The zero-order valence-electron chi connectivity index (χ0n) is 13.2. The molecule has 21 heavy (non-hydrogen) atoms. The van der Waals surface area contributed by atoms with E-state index in [2.05, 4.69) is 19.2 Å². The van der Waals surface area contributed by atoms with Gasteiger partial charge in [-0.1, -0.05) is 19.9 Å². The van der Waals surface area contributed by atoms with Crippen LogP contribution in [-0.2, 0) is 0 Å². The van der Waals surface area contributed by atoms with Crippen LogP contribution in [0.3, 0.4) is 0 Å². The topological polar surface area (TPSA) is 52.6 Å². The van der Waals surface area contributed by atoms with Crippen molar-refractivity contribution in [3.05, 3.63) is 29.3 Å². The van der Waals surface area contributed by atoms with Crippen LogP contribution >= 0.6 is 0 Å². The maximum atomic E-state index is 12.7. The fraction of sp³-hybridized carbons (Fsp3) is 0.588. The van der Waals surface area contributed by atoms with E-state index in [1.54, 1.807) is 12.1 Å². The number of carbonyl (C=O) groups is 1. The average Bonchev–Trinajstić information content (AvgIpc) is 2.89. The fourth-order valence-electron chi connectivity index (χ4n) is 2.85. The molecule has 1 fully saturated rings. The van der Waals surface area contributed by atoms with Crippen LogP contribution in [-0.4, -0.2) is 41.6 Å². The molecule has 1 atom stereocenters. The Morgan fingerprint density at radius 1 is 1.48 bits per heavy atom. The van der Waals surface area contributed by atoms with E-state index in [4.69, 9.17) is 0 Å². The highest BCUT2D eigenvalue weighted by Gasteiger charge is 2.24. The summed E-state index contributed by atoms with van der Waals surface area (Å²) in [5, 5.41) is 13.5. The molecule has 1 amide bonds. The van der Waals surface area contributed by atoms with Gasteiger partial charge in [-0.05, 0) is 49.9 Å². The first-order valence-corrected chi connectivity index (χ1v) is 7.79. The minimum absolute atomic E-state index is 0.0742. The molecule has 116 valence electrons. The molecule has 0 radical (unpaired) electrons. The lowest BCUT2D eigenvalue weighted by Crippen LogP contribution is -2.42. The lowest BCUT2D eigenvalue weighted by atomic mass is 10.1. The van der Waals surface area contributed by atoms with Crippen molar-refractivity contribution >= 4 is 5.91 Å².